The van der Waals surface area contributed by atoms with Crippen LogP contribution in [0.3, 0.4) is 0 Å². The van der Waals surface area contributed by atoms with Crippen molar-refractivity contribution in [2.75, 3.05) is 6.79 Å². The number of hydrogen-bond donors (Lipinski definition) is 1. The fraction of sp³-hybridized carbons (Fsp3) is 0.200. The van der Waals surface area contributed by atoms with E-state index in [4.69, 9.17) is 14.2 Å². The number of benzene rings is 2. The molecule has 1 unspecified atom stereocenters. The lowest BCUT2D eigenvalue weighted by molar-refractivity contribution is -0.150. The molecule has 1 amide bonds. The summed E-state index contributed by atoms with van der Waals surface area (Å²) in [5.41, 5.74) is 1.72. The summed E-state index contributed by atoms with van der Waals surface area (Å²) in [6.45, 7) is 2.03. The Hall–Kier alpha value is -2.80. The van der Waals surface area contributed by atoms with Crippen LogP contribution < -0.4 is 14.8 Å². The SMILES string of the molecule is CC(OC(=O)/C=C/c1ccc(Br)cc1)C(=O)NCc1ccc2c(c1)OCO2. The summed E-state index contributed by atoms with van der Waals surface area (Å²) in [6, 6.07) is 12.9. The third-order valence-electron chi connectivity index (χ3n) is 3.85. The van der Waals surface area contributed by atoms with Gasteiger partial charge in [0.15, 0.2) is 17.6 Å². The van der Waals surface area contributed by atoms with E-state index in [1.165, 1.54) is 13.0 Å². The summed E-state index contributed by atoms with van der Waals surface area (Å²) in [4.78, 5) is 24.0. The summed E-state index contributed by atoms with van der Waals surface area (Å²) in [5, 5.41) is 2.73. The van der Waals surface area contributed by atoms with E-state index >= 15 is 0 Å². The molecule has 3 rings (SSSR count). The van der Waals surface area contributed by atoms with Crippen molar-refractivity contribution in [3.63, 3.8) is 0 Å². The Morgan fingerprint density at radius 3 is 2.70 bits per heavy atom. The molecule has 0 aromatic heterocycles. The number of rotatable bonds is 6. The van der Waals surface area contributed by atoms with E-state index in [1.807, 2.05) is 30.3 Å². The molecule has 0 saturated carbocycles. The number of amides is 1. The standard InChI is InChI=1S/C20H18BrNO5/c1-13(27-19(23)9-5-14-2-6-16(21)7-3-14)20(24)22-11-15-4-8-17-18(10-15)26-12-25-17/h2-10,13H,11-12H2,1H3,(H,22,24)/b9-5+. The third-order valence-corrected chi connectivity index (χ3v) is 4.38. The number of halogens is 1. The molecule has 0 radical (unpaired) electrons. The van der Waals surface area contributed by atoms with E-state index in [2.05, 4.69) is 21.2 Å². The molecule has 0 aliphatic carbocycles. The highest BCUT2D eigenvalue weighted by Crippen LogP contribution is 2.32. The first-order valence-electron chi connectivity index (χ1n) is 8.32. The van der Waals surface area contributed by atoms with E-state index in [0.29, 0.717) is 18.0 Å². The Labute approximate surface area is 165 Å². The van der Waals surface area contributed by atoms with Crippen LogP contribution >= 0.6 is 15.9 Å². The van der Waals surface area contributed by atoms with Gasteiger partial charge in [0.2, 0.25) is 6.79 Å². The van der Waals surface area contributed by atoms with Crippen molar-refractivity contribution >= 4 is 33.9 Å². The molecule has 2 aromatic carbocycles. The van der Waals surface area contributed by atoms with Gasteiger partial charge in [-0.25, -0.2) is 4.79 Å². The number of ether oxygens (including phenoxy) is 3. The van der Waals surface area contributed by atoms with E-state index in [0.717, 1.165) is 15.6 Å². The average molecular weight is 432 g/mol. The van der Waals surface area contributed by atoms with Gasteiger partial charge >= 0.3 is 5.97 Å². The fourth-order valence-corrected chi connectivity index (χ4v) is 2.65. The lowest BCUT2D eigenvalue weighted by Crippen LogP contribution is -2.35. The Morgan fingerprint density at radius 2 is 1.93 bits per heavy atom. The minimum atomic E-state index is -0.902. The lowest BCUT2D eigenvalue weighted by Gasteiger charge is -2.12. The van der Waals surface area contributed by atoms with Gasteiger partial charge in [0.1, 0.15) is 0 Å². The Morgan fingerprint density at radius 1 is 1.19 bits per heavy atom. The molecule has 1 atom stereocenters. The predicted molar refractivity (Wildman–Crippen MR) is 103 cm³/mol. The summed E-state index contributed by atoms with van der Waals surface area (Å²) in [7, 11) is 0. The second-order valence-electron chi connectivity index (χ2n) is 5.87. The molecule has 7 heteroatoms. The fourth-order valence-electron chi connectivity index (χ4n) is 2.39. The maximum absolute atomic E-state index is 12.1. The van der Waals surface area contributed by atoms with Gasteiger partial charge in [-0.2, -0.15) is 0 Å². The van der Waals surface area contributed by atoms with Gasteiger partial charge in [0.05, 0.1) is 0 Å². The van der Waals surface area contributed by atoms with Crippen LogP contribution in [-0.2, 0) is 20.9 Å². The molecule has 1 N–H and O–H groups in total. The number of carbonyl (C=O) groups excluding carboxylic acids is 2. The molecule has 0 spiro atoms. The summed E-state index contributed by atoms with van der Waals surface area (Å²) in [5.74, 6) is 0.381. The number of fused-ring (bicyclic) bond motifs is 1. The van der Waals surface area contributed by atoms with Crippen LogP contribution in [0, 0.1) is 0 Å². The van der Waals surface area contributed by atoms with Crippen molar-refractivity contribution in [3.8, 4) is 11.5 Å². The zero-order chi connectivity index (χ0) is 19.2. The highest BCUT2D eigenvalue weighted by atomic mass is 79.9. The first-order valence-corrected chi connectivity index (χ1v) is 9.11. The zero-order valence-corrected chi connectivity index (χ0v) is 16.2. The summed E-state index contributed by atoms with van der Waals surface area (Å²) < 4.78 is 16.6. The zero-order valence-electron chi connectivity index (χ0n) is 14.6. The number of esters is 1. The van der Waals surface area contributed by atoms with E-state index < -0.39 is 12.1 Å². The van der Waals surface area contributed by atoms with Gasteiger partial charge in [0, 0.05) is 17.1 Å². The molecule has 27 heavy (non-hydrogen) atoms. The molecular formula is C20H18BrNO5. The number of nitrogens with one attached hydrogen (secondary N) is 1. The molecule has 1 heterocycles. The first kappa shape index (κ1) is 19.0. The van der Waals surface area contributed by atoms with Gasteiger partial charge in [-0.15, -0.1) is 0 Å². The molecule has 2 aromatic rings. The molecule has 1 aliphatic rings. The Bertz CT molecular complexity index is 863. The van der Waals surface area contributed by atoms with Crippen molar-refractivity contribution in [1.82, 2.24) is 5.32 Å². The summed E-state index contributed by atoms with van der Waals surface area (Å²) >= 11 is 3.35. The van der Waals surface area contributed by atoms with Gasteiger partial charge in [-0.1, -0.05) is 34.1 Å². The molecule has 0 bridgehead atoms. The van der Waals surface area contributed by atoms with Crippen LogP contribution in [0.25, 0.3) is 6.08 Å². The van der Waals surface area contributed by atoms with Crippen molar-refractivity contribution in [3.05, 3.63) is 64.1 Å². The maximum atomic E-state index is 12.1. The van der Waals surface area contributed by atoms with Crippen molar-refractivity contribution in [2.24, 2.45) is 0 Å². The molecule has 0 saturated heterocycles. The molecule has 6 nitrogen and oxygen atoms in total. The van der Waals surface area contributed by atoms with Crippen molar-refractivity contribution in [2.45, 2.75) is 19.6 Å². The van der Waals surface area contributed by atoms with Gasteiger partial charge in [-0.05, 0) is 48.4 Å². The van der Waals surface area contributed by atoms with Crippen LogP contribution in [0.4, 0.5) is 0 Å². The Balaban J connectivity index is 1.47. The van der Waals surface area contributed by atoms with Crippen molar-refractivity contribution in [1.29, 1.82) is 0 Å². The Kier molecular flexibility index (Phi) is 6.13. The minimum absolute atomic E-state index is 0.200. The molecule has 0 fully saturated rings. The summed E-state index contributed by atoms with van der Waals surface area (Å²) in [6.07, 6.45) is 2.03. The van der Waals surface area contributed by atoms with Crippen LogP contribution in [0.5, 0.6) is 11.5 Å². The van der Waals surface area contributed by atoms with Gasteiger partial charge in [0.25, 0.3) is 5.91 Å². The normalized spacial score (nSPS) is 13.4. The topological polar surface area (TPSA) is 73.9 Å². The van der Waals surface area contributed by atoms with Crippen LogP contribution in [0.1, 0.15) is 18.1 Å². The lowest BCUT2D eigenvalue weighted by atomic mass is 10.2. The largest absolute Gasteiger partial charge is 0.454 e. The van der Waals surface area contributed by atoms with E-state index in [9.17, 15) is 9.59 Å². The number of carbonyl (C=O) groups is 2. The smallest absolute Gasteiger partial charge is 0.331 e. The molecule has 1 aliphatic heterocycles. The maximum Gasteiger partial charge on any atom is 0.331 e. The van der Waals surface area contributed by atoms with E-state index in [1.54, 1.807) is 18.2 Å². The highest BCUT2D eigenvalue weighted by molar-refractivity contribution is 9.10. The average Bonchev–Trinajstić information content (AvgIpc) is 3.13. The second-order valence-corrected chi connectivity index (χ2v) is 6.79. The third kappa shape index (κ3) is 5.34. The monoisotopic (exact) mass is 431 g/mol. The van der Waals surface area contributed by atoms with E-state index in [-0.39, 0.29) is 12.7 Å². The van der Waals surface area contributed by atoms with Gasteiger partial charge in [-0.3, -0.25) is 4.79 Å². The van der Waals surface area contributed by atoms with Gasteiger partial charge < -0.3 is 19.5 Å². The highest BCUT2D eigenvalue weighted by Gasteiger charge is 2.17. The minimum Gasteiger partial charge on any atom is -0.454 e. The quantitative estimate of drug-likeness (QED) is 0.559. The van der Waals surface area contributed by atoms with Crippen LogP contribution in [0.15, 0.2) is 53.0 Å². The first-order chi connectivity index (χ1) is 13.0. The molecular weight excluding hydrogens is 414 g/mol. The van der Waals surface area contributed by atoms with Crippen LogP contribution in [0.2, 0.25) is 0 Å². The second kappa shape index (κ2) is 8.73. The number of hydrogen-bond acceptors (Lipinski definition) is 5. The van der Waals surface area contributed by atoms with Crippen LogP contribution in [-0.4, -0.2) is 24.8 Å². The van der Waals surface area contributed by atoms with Crippen molar-refractivity contribution < 1.29 is 23.8 Å². The molecule has 140 valence electrons. The predicted octanol–water partition coefficient (Wildman–Crippen LogP) is 3.44.